The topological polar surface area (TPSA) is 107 Å². The third kappa shape index (κ3) is 5.68. The van der Waals surface area contributed by atoms with E-state index in [9.17, 15) is 13.2 Å². The maximum absolute atomic E-state index is 13.5. The number of nitrogens with one attached hydrogen (secondary N) is 2. The molecule has 0 aliphatic carbocycles. The van der Waals surface area contributed by atoms with E-state index in [1.807, 2.05) is 36.4 Å². The number of hydrogen-bond acceptors (Lipinski definition) is 9. The lowest BCUT2D eigenvalue weighted by Crippen LogP contribution is -2.46. The fraction of sp³-hybridized carbons (Fsp3) is 0.214. The zero-order chi connectivity index (χ0) is 26.5. The Morgan fingerprint density at radius 2 is 1.87 bits per heavy atom. The van der Waals surface area contributed by atoms with Gasteiger partial charge in [0.05, 0.1) is 42.8 Å². The third-order valence-corrected chi connectivity index (χ3v) is 9.07. The molecule has 196 valence electrons. The van der Waals surface area contributed by atoms with E-state index in [0.29, 0.717) is 35.6 Å². The molecule has 38 heavy (non-hydrogen) atoms. The van der Waals surface area contributed by atoms with Crippen LogP contribution in [0.25, 0.3) is 10.9 Å². The van der Waals surface area contributed by atoms with E-state index in [1.54, 1.807) is 36.0 Å². The first kappa shape index (κ1) is 26.2. The van der Waals surface area contributed by atoms with Gasteiger partial charge in [0, 0.05) is 22.6 Å². The second kappa shape index (κ2) is 11.5. The van der Waals surface area contributed by atoms with Crippen molar-refractivity contribution in [3.63, 3.8) is 0 Å². The van der Waals surface area contributed by atoms with Crippen LogP contribution in [0.5, 0.6) is 0 Å². The van der Waals surface area contributed by atoms with Gasteiger partial charge in [0.15, 0.2) is 5.03 Å². The quantitative estimate of drug-likeness (QED) is 0.237. The molecule has 1 aliphatic heterocycles. The van der Waals surface area contributed by atoms with E-state index in [1.165, 1.54) is 18.7 Å². The van der Waals surface area contributed by atoms with Gasteiger partial charge in [-0.05, 0) is 42.0 Å². The van der Waals surface area contributed by atoms with Gasteiger partial charge in [-0.3, -0.25) is 5.32 Å². The minimum atomic E-state index is -3.84. The summed E-state index contributed by atoms with van der Waals surface area (Å²) in [5.74, 6) is 0.287. The standard InChI is InChI=1S/C28H27N3O5S2/c1-35-28(32)21-9-5-6-10-23(21)30-25-16-26(38(33,34)27-17-36-14-13-29-27)31-24-12-11-20(15-22(24)25)37-18-19-7-3-2-4-8-19/h2-12,15-16,27,29H,13-14,17-18H2,1H3,(H,30,31). The Bertz CT molecular complexity index is 1560. The second-order valence-electron chi connectivity index (χ2n) is 8.69. The SMILES string of the molecule is COC(=O)c1ccccc1Nc1cc(S(=O)(=O)C2COCCN2)nc2ccc(SCc3ccccc3)cc12. The molecule has 4 aromatic rings. The van der Waals surface area contributed by atoms with Crippen molar-refractivity contribution in [2.75, 3.05) is 32.2 Å². The number of hydrogen-bond donors (Lipinski definition) is 2. The lowest BCUT2D eigenvalue weighted by atomic mass is 10.1. The molecule has 1 aliphatic rings. The van der Waals surface area contributed by atoms with Crippen molar-refractivity contribution in [2.24, 2.45) is 0 Å². The van der Waals surface area contributed by atoms with Crippen molar-refractivity contribution in [3.05, 3.63) is 90.0 Å². The van der Waals surface area contributed by atoms with Crippen LogP contribution in [-0.4, -0.2) is 51.6 Å². The van der Waals surface area contributed by atoms with Crippen LogP contribution in [-0.2, 0) is 25.1 Å². The predicted octanol–water partition coefficient (Wildman–Crippen LogP) is 4.78. The highest BCUT2D eigenvalue weighted by Gasteiger charge is 2.31. The van der Waals surface area contributed by atoms with Gasteiger partial charge in [0.1, 0.15) is 5.37 Å². The van der Waals surface area contributed by atoms with Gasteiger partial charge >= 0.3 is 5.97 Å². The summed E-state index contributed by atoms with van der Waals surface area (Å²) in [5.41, 5.74) is 3.07. The number of morpholine rings is 1. The average molecular weight is 550 g/mol. The van der Waals surface area contributed by atoms with Crippen LogP contribution >= 0.6 is 11.8 Å². The number of nitrogens with zero attached hydrogens (tertiary/aromatic N) is 1. The predicted molar refractivity (Wildman–Crippen MR) is 149 cm³/mol. The molecule has 2 heterocycles. The number of para-hydroxylation sites is 1. The molecule has 8 nitrogen and oxygen atoms in total. The highest BCUT2D eigenvalue weighted by Crippen LogP contribution is 2.34. The Morgan fingerprint density at radius 3 is 2.63 bits per heavy atom. The minimum absolute atomic E-state index is 0.0467. The molecular formula is C28H27N3O5S2. The van der Waals surface area contributed by atoms with Crippen molar-refractivity contribution < 1.29 is 22.7 Å². The molecule has 1 atom stereocenters. The fourth-order valence-electron chi connectivity index (χ4n) is 4.17. The molecule has 0 radical (unpaired) electrons. The average Bonchev–Trinajstić information content (AvgIpc) is 2.97. The van der Waals surface area contributed by atoms with E-state index in [0.717, 1.165) is 16.0 Å². The normalized spacial score (nSPS) is 15.8. The second-order valence-corrected chi connectivity index (χ2v) is 11.8. The van der Waals surface area contributed by atoms with Crippen molar-refractivity contribution in [1.29, 1.82) is 0 Å². The monoisotopic (exact) mass is 549 g/mol. The lowest BCUT2D eigenvalue weighted by Gasteiger charge is -2.24. The summed E-state index contributed by atoms with van der Waals surface area (Å²) >= 11 is 1.67. The number of methoxy groups -OCH3 is 1. The highest BCUT2D eigenvalue weighted by atomic mass is 32.2. The highest BCUT2D eigenvalue weighted by molar-refractivity contribution is 7.98. The Hall–Kier alpha value is -3.44. The van der Waals surface area contributed by atoms with E-state index < -0.39 is 21.2 Å². The molecule has 1 unspecified atom stereocenters. The fourth-order valence-corrected chi connectivity index (χ4v) is 6.48. The van der Waals surface area contributed by atoms with E-state index in [4.69, 9.17) is 9.47 Å². The summed E-state index contributed by atoms with van der Waals surface area (Å²) < 4.78 is 37.3. The van der Waals surface area contributed by atoms with Gasteiger partial charge in [-0.25, -0.2) is 18.2 Å². The summed E-state index contributed by atoms with van der Waals surface area (Å²) in [5, 5.41) is 6.06. The number of esters is 1. The van der Waals surface area contributed by atoms with E-state index in [-0.39, 0.29) is 11.6 Å². The van der Waals surface area contributed by atoms with Crippen LogP contribution in [0.4, 0.5) is 11.4 Å². The summed E-state index contributed by atoms with van der Waals surface area (Å²) in [4.78, 5) is 17.9. The molecule has 1 saturated heterocycles. The first-order chi connectivity index (χ1) is 18.5. The van der Waals surface area contributed by atoms with Crippen molar-refractivity contribution >= 4 is 49.8 Å². The maximum Gasteiger partial charge on any atom is 0.339 e. The van der Waals surface area contributed by atoms with Crippen LogP contribution in [0.2, 0.25) is 0 Å². The van der Waals surface area contributed by atoms with E-state index >= 15 is 0 Å². The third-order valence-electron chi connectivity index (χ3n) is 6.16. The molecule has 1 aromatic heterocycles. The van der Waals surface area contributed by atoms with Crippen LogP contribution in [0.1, 0.15) is 15.9 Å². The molecule has 0 spiro atoms. The van der Waals surface area contributed by atoms with Crippen LogP contribution in [0.15, 0.2) is 88.8 Å². The summed E-state index contributed by atoms with van der Waals surface area (Å²) in [7, 11) is -2.52. The minimum Gasteiger partial charge on any atom is -0.465 e. The summed E-state index contributed by atoms with van der Waals surface area (Å²) in [6.07, 6.45) is 0. The Morgan fingerprint density at radius 1 is 1.08 bits per heavy atom. The molecule has 0 saturated carbocycles. The molecular weight excluding hydrogens is 522 g/mol. The van der Waals surface area contributed by atoms with Crippen LogP contribution in [0, 0.1) is 0 Å². The number of anilines is 2. The Labute approximate surface area is 225 Å². The first-order valence-electron chi connectivity index (χ1n) is 12.1. The largest absolute Gasteiger partial charge is 0.465 e. The Balaban J connectivity index is 1.58. The number of ether oxygens (including phenoxy) is 2. The van der Waals surface area contributed by atoms with Gasteiger partial charge in [-0.2, -0.15) is 0 Å². The number of carbonyl (C=O) groups is 1. The molecule has 3 aromatic carbocycles. The van der Waals surface area contributed by atoms with Gasteiger partial charge in [0.25, 0.3) is 0 Å². The smallest absolute Gasteiger partial charge is 0.339 e. The van der Waals surface area contributed by atoms with Gasteiger partial charge in [0.2, 0.25) is 9.84 Å². The number of thioether (sulfide) groups is 1. The molecule has 0 bridgehead atoms. The molecule has 0 amide bonds. The van der Waals surface area contributed by atoms with E-state index in [2.05, 4.69) is 27.8 Å². The van der Waals surface area contributed by atoms with Crippen molar-refractivity contribution in [3.8, 4) is 0 Å². The number of fused-ring (bicyclic) bond motifs is 1. The Kier molecular flexibility index (Phi) is 7.94. The number of benzene rings is 3. The van der Waals surface area contributed by atoms with Crippen molar-refractivity contribution in [1.82, 2.24) is 10.3 Å². The number of carbonyl (C=O) groups excluding carboxylic acids is 1. The zero-order valence-corrected chi connectivity index (χ0v) is 22.3. The first-order valence-corrected chi connectivity index (χ1v) is 14.6. The molecule has 2 N–H and O–H groups in total. The number of aromatic nitrogens is 1. The van der Waals surface area contributed by atoms with Crippen molar-refractivity contribution in [2.45, 2.75) is 21.0 Å². The number of sulfone groups is 1. The summed E-state index contributed by atoms with van der Waals surface area (Å²) in [6, 6.07) is 24.4. The zero-order valence-electron chi connectivity index (χ0n) is 20.7. The maximum atomic E-state index is 13.5. The van der Waals surface area contributed by atoms with Gasteiger partial charge < -0.3 is 14.8 Å². The van der Waals surface area contributed by atoms with Crippen LogP contribution < -0.4 is 10.6 Å². The molecule has 5 rings (SSSR count). The molecule has 1 fully saturated rings. The number of pyridine rings is 1. The van der Waals surface area contributed by atoms with Gasteiger partial charge in [-0.1, -0.05) is 42.5 Å². The lowest BCUT2D eigenvalue weighted by molar-refractivity contribution is 0.0602. The summed E-state index contributed by atoms with van der Waals surface area (Å²) in [6.45, 7) is 0.944. The van der Waals surface area contributed by atoms with Gasteiger partial charge in [-0.15, -0.1) is 11.8 Å². The molecule has 10 heteroatoms. The van der Waals surface area contributed by atoms with Crippen LogP contribution in [0.3, 0.4) is 0 Å². The number of rotatable bonds is 8.